The quantitative estimate of drug-likeness (QED) is 0.832. The Morgan fingerprint density at radius 2 is 1.96 bits per heavy atom. The number of anilines is 1. The van der Waals surface area contributed by atoms with Gasteiger partial charge in [-0.05, 0) is 19.1 Å². The molecule has 0 aromatic heterocycles. The number of nitrogens with zero attached hydrogens (tertiary/aromatic N) is 1. The third kappa shape index (κ3) is 4.17. The second-order valence-electron chi connectivity index (χ2n) is 7.59. The van der Waals surface area contributed by atoms with E-state index < -0.39 is 6.10 Å². The van der Waals surface area contributed by atoms with Crippen molar-refractivity contribution in [2.75, 3.05) is 31.5 Å². The lowest BCUT2D eigenvalue weighted by molar-refractivity contribution is -0.917. The number of carbonyl (C=O) groups is 2. The Balaban J connectivity index is 1.29. The van der Waals surface area contributed by atoms with E-state index in [1.165, 1.54) is 16.0 Å². The lowest BCUT2D eigenvalue weighted by atomic mass is 10.1. The van der Waals surface area contributed by atoms with E-state index in [0.717, 1.165) is 19.6 Å². The minimum atomic E-state index is -0.764. The molecule has 2 aliphatic rings. The number of nitrogens with one attached hydrogen (secondary N) is 2. The van der Waals surface area contributed by atoms with Crippen molar-refractivity contribution in [3.8, 4) is 5.75 Å². The van der Waals surface area contributed by atoms with Crippen LogP contribution in [0.4, 0.5) is 5.69 Å². The Morgan fingerprint density at radius 3 is 2.75 bits per heavy atom. The molecule has 1 saturated heterocycles. The van der Waals surface area contributed by atoms with Crippen LogP contribution in [-0.2, 0) is 16.1 Å². The maximum Gasteiger partial charge on any atom is 0.266 e. The van der Waals surface area contributed by atoms with Crippen molar-refractivity contribution in [1.82, 2.24) is 4.90 Å². The van der Waals surface area contributed by atoms with Crippen LogP contribution in [0.15, 0.2) is 48.5 Å². The molecule has 2 amide bonds. The molecule has 2 N–H and O–H groups in total. The molecule has 0 unspecified atom stereocenters. The van der Waals surface area contributed by atoms with Crippen molar-refractivity contribution < 1.29 is 19.2 Å². The first-order valence-corrected chi connectivity index (χ1v) is 9.82. The Hall–Kier alpha value is -2.86. The fourth-order valence-corrected chi connectivity index (χ4v) is 3.87. The topological polar surface area (TPSA) is 63.1 Å². The largest absolute Gasteiger partial charge is 0.478 e. The molecular formula is C22H26N3O3+. The van der Waals surface area contributed by atoms with Crippen molar-refractivity contribution in [2.24, 2.45) is 0 Å². The van der Waals surface area contributed by atoms with E-state index in [-0.39, 0.29) is 18.2 Å². The molecule has 2 heterocycles. The summed E-state index contributed by atoms with van der Waals surface area (Å²) in [4.78, 5) is 28.3. The average molecular weight is 380 g/mol. The molecule has 0 spiro atoms. The summed E-state index contributed by atoms with van der Waals surface area (Å²) in [7, 11) is 0. The highest BCUT2D eigenvalue weighted by Crippen LogP contribution is 2.29. The van der Waals surface area contributed by atoms with Crippen molar-refractivity contribution in [1.29, 1.82) is 0 Å². The van der Waals surface area contributed by atoms with Gasteiger partial charge < -0.3 is 19.9 Å². The number of benzene rings is 2. The Kier molecular flexibility index (Phi) is 5.30. The fraction of sp³-hybridized carbons (Fsp3) is 0.364. The van der Waals surface area contributed by atoms with Crippen LogP contribution < -0.4 is 15.0 Å². The number of rotatable bonds is 4. The molecular weight excluding hydrogens is 354 g/mol. The van der Waals surface area contributed by atoms with Gasteiger partial charge in [0.1, 0.15) is 12.3 Å². The normalized spacial score (nSPS) is 19.5. The molecule has 2 aliphatic heterocycles. The second kappa shape index (κ2) is 8.02. The Bertz CT molecular complexity index is 875. The zero-order valence-electron chi connectivity index (χ0n) is 16.1. The predicted molar refractivity (Wildman–Crippen MR) is 106 cm³/mol. The van der Waals surface area contributed by atoms with E-state index in [0.29, 0.717) is 24.5 Å². The Labute approximate surface area is 165 Å². The van der Waals surface area contributed by atoms with E-state index >= 15 is 0 Å². The lowest BCUT2D eigenvalue weighted by Crippen LogP contribution is -3.13. The number of para-hydroxylation sites is 2. The van der Waals surface area contributed by atoms with Gasteiger partial charge in [-0.2, -0.15) is 0 Å². The zero-order valence-corrected chi connectivity index (χ0v) is 16.1. The molecule has 4 rings (SSSR count). The third-order valence-electron chi connectivity index (χ3n) is 5.43. The van der Waals surface area contributed by atoms with Gasteiger partial charge in [0.05, 0.1) is 38.3 Å². The van der Waals surface area contributed by atoms with Gasteiger partial charge in [-0.25, -0.2) is 0 Å². The van der Waals surface area contributed by atoms with Crippen LogP contribution in [0.5, 0.6) is 5.75 Å². The maximum atomic E-state index is 12.7. The highest BCUT2D eigenvalue weighted by atomic mass is 16.5. The minimum Gasteiger partial charge on any atom is -0.478 e. The SMILES string of the molecule is Cc1cccc(C[NH+]2CCN(C(=O)C[C@@H]3Oc4ccccc4NC3=O)CC2)c1. The van der Waals surface area contributed by atoms with Gasteiger partial charge in [0.25, 0.3) is 5.91 Å². The monoisotopic (exact) mass is 380 g/mol. The summed E-state index contributed by atoms with van der Waals surface area (Å²) in [5, 5.41) is 2.82. The number of hydrogen-bond acceptors (Lipinski definition) is 3. The van der Waals surface area contributed by atoms with Crippen LogP contribution in [0.2, 0.25) is 0 Å². The first kappa shape index (κ1) is 18.5. The molecule has 1 fully saturated rings. The molecule has 6 nitrogen and oxygen atoms in total. The van der Waals surface area contributed by atoms with Crippen LogP contribution in [0.3, 0.4) is 0 Å². The van der Waals surface area contributed by atoms with Gasteiger partial charge >= 0.3 is 0 Å². The highest BCUT2D eigenvalue weighted by Gasteiger charge is 2.32. The summed E-state index contributed by atoms with van der Waals surface area (Å²) in [6.07, 6.45) is -0.687. The fourth-order valence-electron chi connectivity index (χ4n) is 3.87. The second-order valence-corrected chi connectivity index (χ2v) is 7.59. The number of quaternary nitrogens is 1. The van der Waals surface area contributed by atoms with Gasteiger partial charge in [-0.1, -0.05) is 42.0 Å². The molecule has 1 atom stereocenters. The standard InChI is InChI=1S/C22H25N3O3/c1-16-5-4-6-17(13-16)15-24-9-11-25(12-10-24)21(26)14-20-22(27)23-18-7-2-3-8-19(18)28-20/h2-8,13,20H,9-12,14-15H2,1H3,(H,23,27)/p+1/t20-/m0/s1. The summed E-state index contributed by atoms with van der Waals surface area (Å²) >= 11 is 0. The maximum absolute atomic E-state index is 12.7. The molecule has 2 aromatic carbocycles. The molecule has 0 saturated carbocycles. The van der Waals surface area contributed by atoms with Crippen LogP contribution in [-0.4, -0.2) is 49.0 Å². The van der Waals surface area contributed by atoms with Gasteiger partial charge in [0.15, 0.2) is 6.10 Å². The Morgan fingerprint density at radius 1 is 1.18 bits per heavy atom. The summed E-state index contributed by atoms with van der Waals surface area (Å²) < 4.78 is 5.75. The highest BCUT2D eigenvalue weighted by molar-refractivity contribution is 5.99. The van der Waals surface area contributed by atoms with E-state index in [1.54, 1.807) is 12.1 Å². The first-order chi connectivity index (χ1) is 13.6. The van der Waals surface area contributed by atoms with E-state index in [4.69, 9.17) is 4.74 Å². The van der Waals surface area contributed by atoms with Crippen molar-refractivity contribution in [3.05, 3.63) is 59.7 Å². The first-order valence-electron chi connectivity index (χ1n) is 9.82. The number of piperazine rings is 1. The molecule has 2 aromatic rings. The smallest absolute Gasteiger partial charge is 0.266 e. The minimum absolute atomic E-state index is 0.0193. The van der Waals surface area contributed by atoms with E-state index in [9.17, 15) is 9.59 Å². The molecule has 6 heteroatoms. The molecule has 0 bridgehead atoms. The molecule has 146 valence electrons. The summed E-state index contributed by atoms with van der Waals surface area (Å²) in [6, 6.07) is 15.9. The van der Waals surface area contributed by atoms with Gasteiger partial charge in [0, 0.05) is 5.56 Å². The number of fused-ring (bicyclic) bond motifs is 1. The predicted octanol–water partition coefficient (Wildman–Crippen LogP) is 1.01. The number of amides is 2. The zero-order chi connectivity index (χ0) is 19.5. The summed E-state index contributed by atoms with van der Waals surface area (Å²) in [5.74, 6) is 0.345. The molecule has 0 radical (unpaired) electrons. The average Bonchev–Trinajstić information content (AvgIpc) is 2.69. The lowest BCUT2D eigenvalue weighted by Gasteiger charge is -2.33. The number of carbonyl (C=O) groups excluding carboxylic acids is 2. The number of ether oxygens (including phenoxy) is 1. The van der Waals surface area contributed by atoms with Gasteiger partial charge in [0.2, 0.25) is 5.91 Å². The molecule has 28 heavy (non-hydrogen) atoms. The number of aryl methyl sites for hydroxylation is 1. The van der Waals surface area contributed by atoms with Crippen LogP contribution >= 0.6 is 0 Å². The summed E-state index contributed by atoms with van der Waals surface area (Å²) in [5.41, 5.74) is 3.27. The van der Waals surface area contributed by atoms with Crippen molar-refractivity contribution in [2.45, 2.75) is 26.0 Å². The third-order valence-corrected chi connectivity index (χ3v) is 5.43. The summed E-state index contributed by atoms with van der Waals surface area (Å²) in [6.45, 7) is 6.35. The molecule has 0 aliphatic carbocycles. The van der Waals surface area contributed by atoms with E-state index in [1.807, 2.05) is 17.0 Å². The van der Waals surface area contributed by atoms with Crippen LogP contribution in [0.25, 0.3) is 0 Å². The van der Waals surface area contributed by atoms with Gasteiger partial charge in [-0.3, -0.25) is 9.59 Å². The van der Waals surface area contributed by atoms with E-state index in [2.05, 4.69) is 36.5 Å². The van der Waals surface area contributed by atoms with Crippen molar-refractivity contribution in [3.63, 3.8) is 0 Å². The van der Waals surface area contributed by atoms with Crippen LogP contribution in [0, 0.1) is 6.92 Å². The van der Waals surface area contributed by atoms with Gasteiger partial charge in [-0.15, -0.1) is 0 Å². The van der Waals surface area contributed by atoms with Crippen LogP contribution in [0.1, 0.15) is 17.5 Å². The number of hydrogen-bond donors (Lipinski definition) is 2. The van der Waals surface area contributed by atoms with Crippen molar-refractivity contribution >= 4 is 17.5 Å².